The van der Waals surface area contributed by atoms with Crippen LogP contribution in [-0.4, -0.2) is 46.5 Å². The van der Waals surface area contributed by atoms with Crippen molar-refractivity contribution in [3.63, 3.8) is 0 Å². The van der Waals surface area contributed by atoms with Crippen molar-refractivity contribution in [2.75, 3.05) is 13.1 Å². The van der Waals surface area contributed by atoms with E-state index in [4.69, 9.17) is 4.74 Å². The van der Waals surface area contributed by atoms with E-state index < -0.39 is 17.7 Å². The largest absolute Gasteiger partial charge is 0.444 e. The molecule has 24 heavy (non-hydrogen) atoms. The first kappa shape index (κ1) is 18.3. The van der Waals surface area contributed by atoms with Crippen LogP contribution in [0.2, 0.25) is 0 Å². The predicted octanol–water partition coefficient (Wildman–Crippen LogP) is 3.43. The van der Waals surface area contributed by atoms with E-state index >= 15 is 0 Å². The van der Waals surface area contributed by atoms with Gasteiger partial charge in [-0.05, 0) is 46.1 Å². The molecular weight excluding hydrogens is 304 g/mol. The van der Waals surface area contributed by atoms with E-state index in [1.807, 2.05) is 62.9 Å². The van der Waals surface area contributed by atoms with Crippen molar-refractivity contribution in [2.45, 2.75) is 58.7 Å². The highest BCUT2D eigenvalue weighted by atomic mass is 16.6. The molecule has 0 spiro atoms. The molecule has 1 aromatic rings. The highest BCUT2D eigenvalue weighted by Gasteiger charge is 2.38. The van der Waals surface area contributed by atoms with Crippen LogP contribution < -0.4 is 0 Å². The SMILES string of the molecule is CCN(Cc1ccccc1)C(=O)[C@@H]1CCCN1C(=O)OC(C)(C)C. The molecule has 0 unspecified atom stereocenters. The quantitative estimate of drug-likeness (QED) is 0.849. The van der Waals surface area contributed by atoms with Crippen LogP contribution in [0.4, 0.5) is 4.79 Å². The lowest BCUT2D eigenvalue weighted by Gasteiger charge is -2.31. The predicted molar refractivity (Wildman–Crippen MR) is 93.5 cm³/mol. The van der Waals surface area contributed by atoms with E-state index in [0.717, 1.165) is 12.0 Å². The Morgan fingerprint density at radius 1 is 1.25 bits per heavy atom. The smallest absolute Gasteiger partial charge is 0.410 e. The molecule has 2 rings (SSSR count). The van der Waals surface area contributed by atoms with Crippen LogP contribution in [0.15, 0.2) is 30.3 Å². The summed E-state index contributed by atoms with van der Waals surface area (Å²) in [7, 11) is 0. The van der Waals surface area contributed by atoms with Gasteiger partial charge < -0.3 is 9.64 Å². The Balaban J connectivity index is 2.06. The van der Waals surface area contributed by atoms with E-state index in [1.165, 1.54) is 0 Å². The van der Waals surface area contributed by atoms with Crippen molar-refractivity contribution < 1.29 is 14.3 Å². The van der Waals surface area contributed by atoms with Gasteiger partial charge in [0.1, 0.15) is 11.6 Å². The molecule has 0 saturated carbocycles. The number of ether oxygens (including phenoxy) is 1. The maximum atomic E-state index is 12.9. The molecule has 0 N–H and O–H groups in total. The van der Waals surface area contributed by atoms with Gasteiger partial charge in [-0.15, -0.1) is 0 Å². The molecule has 1 aromatic carbocycles. The van der Waals surface area contributed by atoms with Crippen molar-refractivity contribution in [3.05, 3.63) is 35.9 Å². The van der Waals surface area contributed by atoms with Gasteiger partial charge in [0.25, 0.3) is 0 Å². The van der Waals surface area contributed by atoms with E-state index in [-0.39, 0.29) is 5.91 Å². The monoisotopic (exact) mass is 332 g/mol. The minimum absolute atomic E-state index is 0.00436. The Kier molecular flexibility index (Phi) is 5.86. The van der Waals surface area contributed by atoms with Gasteiger partial charge in [-0.1, -0.05) is 30.3 Å². The van der Waals surface area contributed by atoms with E-state index in [9.17, 15) is 9.59 Å². The molecule has 0 aromatic heterocycles. The summed E-state index contributed by atoms with van der Waals surface area (Å²) in [6, 6.07) is 9.50. The van der Waals surface area contributed by atoms with Gasteiger partial charge in [0.2, 0.25) is 5.91 Å². The number of benzene rings is 1. The van der Waals surface area contributed by atoms with Crippen LogP contribution in [0.5, 0.6) is 0 Å². The third kappa shape index (κ3) is 4.73. The number of hydrogen-bond donors (Lipinski definition) is 0. The molecule has 0 bridgehead atoms. The maximum Gasteiger partial charge on any atom is 0.410 e. The topological polar surface area (TPSA) is 49.9 Å². The van der Waals surface area contributed by atoms with Gasteiger partial charge in [-0.2, -0.15) is 0 Å². The van der Waals surface area contributed by atoms with Gasteiger partial charge in [-0.25, -0.2) is 4.79 Å². The average Bonchev–Trinajstić information content (AvgIpc) is 3.01. The zero-order valence-corrected chi connectivity index (χ0v) is 15.1. The zero-order valence-electron chi connectivity index (χ0n) is 15.1. The lowest BCUT2D eigenvalue weighted by molar-refractivity contribution is -0.136. The Morgan fingerprint density at radius 3 is 2.50 bits per heavy atom. The summed E-state index contributed by atoms with van der Waals surface area (Å²) in [5.74, 6) is 0.00436. The van der Waals surface area contributed by atoms with Crippen molar-refractivity contribution in [2.24, 2.45) is 0 Å². The summed E-state index contributed by atoms with van der Waals surface area (Å²) < 4.78 is 5.45. The zero-order chi connectivity index (χ0) is 17.7. The van der Waals surface area contributed by atoms with Gasteiger partial charge >= 0.3 is 6.09 Å². The van der Waals surface area contributed by atoms with E-state index in [1.54, 1.807) is 4.90 Å². The second-order valence-corrected chi connectivity index (χ2v) is 7.17. The molecular formula is C19H28N2O3. The lowest BCUT2D eigenvalue weighted by atomic mass is 10.1. The van der Waals surface area contributed by atoms with E-state index in [0.29, 0.717) is 26.1 Å². The first-order valence-electron chi connectivity index (χ1n) is 8.64. The molecule has 5 heteroatoms. The number of carbonyl (C=O) groups excluding carboxylic acids is 2. The number of rotatable bonds is 4. The van der Waals surface area contributed by atoms with Gasteiger partial charge in [0.15, 0.2) is 0 Å². The number of carbonyl (C=O) groups is 2. The van der Waals surface area contributed by atoms with E-state index in [2.05, 4.69) is 0 Å². The molecule has 1 heterocycles. The average molecular weight is 332 g/mol. The molecule has 1 aliphatic rings. The molecule has 5 nitrogen and oxygen atoms in total. The summed E-state index contributed by atoms with van der Waals surface area (Å²) in [6.45, 7) is 9.24. The Labute approximate surface area is 144 Å². The van der Waals surface area contributed by atoms with Crippen LogP contribution in [0, 0.1) is 0 Å². The number of likely N-dealkylation sites (tertiary alicyclic amines) is 1. The molecule has 1 saturated heterocycles. The molecule has 0 aliphatic carbocycles. The van der Waals surface area contributed by atoms with Crippen molar-refractivity contribution >= 4 is 12.0 Å². The summed E-state index contributed by atoms with van der Waals surface area (Å²) in [6.07, 6.45) is 1.14. The first-order chi connectivity index (χ1) is 11.3. The Hall–Kier alpha value is -2.04. The fourth-order valence-corrected chi connectivity index (χ4v) is 2.92. The first-order valence-corrected chi connectivity index (χ1v) is 8.64. The van der Waals surface area contributed by atoms with Gasteiger partial charge in [0, 0.05) is 19.6 Å². The minimum atomic E-state index is -0.554. The summed E-state index contributed by atoms with van der Waals surface area (Å²) in [4.78, 5) is 28.7. The van der Waals surface area contributed by atoms with Crippen molar-refractivity contribution in [1.29, 1.82) is 0 Å². The molecule has 132 valence electrons. The van der Waals surface area contributed by atoms with Gasteiger partial charge in [0.05, 0.1) is 0 Å². The highest BCUT2D eigenvalue weighted by Crippen LogP contribution is 2.23. The normalized spacial score (nSPS) is 17.7. The second-order valence-electron chi connectivity index (χ2n) is 7.17. The second kappa shape index (κ2) is 7.69. The van der Waals surface area contributed by atoms with Crippen LogP contribution in [0.25, 0.3) is 0 Å². The Bertz CT molecular complexity index is 566. The van der Waals surface area contributed by atoms with Crippen LogP contribution in [-0.2, 0) is 16.1 Å². The summed E-state index contributed by atoms with van der Waals surface area (Å²) >= 11 is 0. The summed E-state index contributed by atoms with van der Waals surface area (Å²) in [5.41, 5.74) is 0.538. The van der Waals surface area contributed by atoms with Crippen LogP contribution in [0.1, 0.15) is 46.1 Å². The van der Waals surface area contributed by atoms with Crippen LogP contribution >= 0.6 is 0 Å². The maximum absolute atomic E-state index is 12.9. The standard InChI is InChI=1S/C19H28N2O3/c1-5-20(14-15-10-7-6-8-11-15)17(22)16-12-9-13-21(16)18(23)24-19(2,3)4/h6-8,10-11,16H,5,9,12-14H2,1-4H3/t16-/m0/s1. The Morgan fingerprint density at radius 2 is 1.92 bits per heavy atom. The molecule has 1 atom stereocenters. The lowest BCUT2D eigenvalue weighted by Crippen LogP contribution is -2.48. The third-order valence-corrected chi connectivity index (χ3v) is 4.08. The highest BCUT2D eigenvalue weighted by molar-refractivity contribution is 5.86. The fraction of sp³-hybridized carbons (Fsp3) is 0.579. The molecule has 1 aliphatic heterocycles. The minimum Gasteiger partial charge on any atom is -0.444 e. The third-order valence-electron chi connectivity index (χ3n) is 4.08. The van der Waals surface area contributed by atoms with Crippen molar-refractivity contribution in [1.82, 2.24) is 9.80 Å². The van der Waals surface area contributed by atoms with Crippen LogP contribution in [0.3, 0.4) is 0 Å². The molecule has 1 fully saturated rings. The number of amides is 2. The molecule has 2 amide bonds. The van der Waals surface area contributed by atoms with Gasteiger partial charge in [-0.3, -0.25) is 9.69 Å². The number of hydrogen-bond acceptors (Lipinski definition) is 3. The fourth-order valence-electron chi connectivity index (χ4n) is 2.92. The number of likely N-dealkylation sites (N-methyl/N-ethyl adjacent to an activating group) is 1. The summed E-state index contributed by atoms with van der Waals surface area (Å²) in [5, 5.41) is 0. The molecule has 0 radical (unpaired) electrons. The van der Waals surface area contributed by atoms with Crippen molar-refractivity contribution in [3.8, 4) is 0 Å². The number of nitrogens with zero attached hydrogens (tertiary/aromatic N) is 2.